The maximum absolute atomic E-state index is 10.8. The maximum Gasteiger partial charge on any atom is 0.151 e. The van der Waals surface area contributed by atoms with E-state index in [9.17, 15) is 4.79 Å². The lowest BCUT2D eigenvalue weighted by Crippen LogP contribution is -2.01. The fourth-order valence-corrected chi connectivity index (χ4v) is 2.33. The monoisotopic (exact) mass is 209 g/mol. The van der Waals surface area contributed by atoms with Crippen LogP contribution in [0.4, 0.5) is 0 Å². The molecule has 1 aromatic heterocycles. The van der Waals surface area contributed by atoms with Crippen molar-refractivity contribution in [1.29, 1.82) is 0 Å². The summed E-state index contributed by atoms with van der Waals surface area (Å²) in [6, 6.07) is 1.86. The summed E-state index contributed by atoms with van der Waals surface area (Å²) in [6.07, 6.45) is 2.88. The quantitative estimate of drug-likeness (QED) is 0.773. The Bertz CT molecular complexity index is 339. The Hall–Kier alpha value is -1.09. The van der Waals surface area contributed by atoms with Crippen molar-refractivity contribution in [2.45, 2.75) is 13.8 Å². The zero-order valence-electron chi connectivity index (χ0n) is 8.70. The Labute approximate surface area is 88.6 Å². The van der Waals surface area contributed by atoms with Gasteiger partial charge in [-0.3, -0.25) is 4.79 Å². The molecule has 0 saturated heterocycles. The molecule has 0 radical (unpaired) electrons. The lowest BCUT2D eigenvalue weighted by atomic mass is 10.0. The number of thiophene rings is 1. The van der Waals surface area contributed by atoms with E-state index in [2.05, 4.69) is 19.2 Å². The van der Waals surface area contributed by atoms with Crippen molar-refractivity contribution in [3.63, 3.8) is 0 Å². The minimum Gasteiger partial charge on any atom is -0.394 e. The van der Waals surface area contributed by atoms with Gasteiger partial charge in [0.1, 0.15) is 0 Å². The highest BCUT2D eigenvalue weighted by molar-refractivity contribution is 7.11. The van der Waals surface area contributed by atoms with Crippen LogP contribution in [0.1, 0.15) is 29.1 Å². The predicted octanol–water partition coefficient (Wildman–Crippen LogP) is 2.78. The van der Waals surface area contributed by atoms with Gasteiger partial charge in [0, 0.05) is 23.7 Å². The van der Waals surface area contributed by atoms with Crippen LogP contribution in [0.25, 0.3) is 5.57 Å². The fraction of sp³-hybridized carbons (Fsp3) is 0.364. The summed E-state index contributed by atoms with van der Waals surface area (Å²) in [6.45, 7) is 4.24. The predicted molar refractivity (Wildman–Crippen MR) is 61.6 cm³/mol. The third-order valence-electron chi connectivity index (χ3n) is 2.01. The number of nitrogens with one attached hydrogen (secondary N) is 1. The molecule has 0 atom stereocenters. The molecule has 1 rings (SSSR count). The van der Waals surface area contributed by atoms with Crippen LogP contribution in [0.3, 0.4) is 0 Å². The van der Waals surface area contributed by atoms with Gasteiger partial charge in [0.05, 0.1) is 0 Å². The van der Waals surface area contributed by atoms with Crippen LogP contribution < -0.4 is 5.32 Å². The number of aldehydes is 1. The van der Waals surface area contributed by atoms with Crippen molar-refractivity contribution in [3.8, 4) is 0 Å². The van der Waals surface area contributed by atoms with Crippen LogP contribution in [-0.4, -0.2) is 13.3 Å². The van der Waals surface area contributed by atoms with Crippen LogP contribution in [0.5, 0.6) is 0 Å². The second-order valence-corrected chi connectivity index (χ2v) is 4.28. The minimum absolute atomic E-state index is 0.416. The molecule has 2 nitrogen and oxygen atoms in total. The molecule has 0 amide bonds. The van der Waals surface area contributed by atoms with E-state index in [4.69, 9.17) is 0 Å². The van der Waals surface area contributed by atoms with Crippen LogP contribution in [0.2, 0.25) is 0 Å². The zero-order chi connectivity index (χ0) is 10.6. The number of carbonyl (C=O) groups is 1. The van der Waals surface area contributed by atoms with Gasteiger partial charge in [0.15, 0.2) is 6.29 Å². The molecule has 0 bridgehead atoms. The van der Waals surface area contributed by atoms with E-state index in [0.29, 0.717) is 5.92 Å². The Balaban J connectivity index is 3.11. The summed E-state index contributed by atoms with van der Waals surface area (Å²) in [5, 5.41) is 4.97. The van der Waals surface area contributed by atoms with E-state index >= 15 is 0 Å². The van der Waals surface area contributed by atoms with Gasteiger partial charge in [-0.25, -0.2) is 0 Å². The van der Waals surface area contributed by atoms with Gasteiger partial charge < -0.3 is 5.32 Å². The molecule has 0 aliphatic heterocycles. The van der Waals surface area contributed by atoms with Crippen LogP contribution in [0.15, 0.2) is 17.6 Å². The van der Waals surface area contributed by atoms with Crippen molar-refractivity contribution in [2.75, 3.05) is 7.05 Å². The molecule has 0 saturated carbocycles. The molecular formula is C11H15NOS. The summed E-state index contributed by atoms with van der Waals surface area (Å²) in [4.78, 5) is 11.9. The molecule has 14 heavy (non-hydrogen) atoms. The Morgan fingerprint density at radius 3 is 2.79 bits per heavy atom. The van der Waals surface area contributed by atoms with Crippen LogP contribution in [0, 0.1) is 5.92 Å². The average Bonchev–Trinajstić information content (AvgIpc) is 2.61. The highest BCUT2D eigenvalue weighted by atomic mass is 32.1. The van der Waals surface area contributed by atoms with E-state index in [1.807, 2.05) is 24.7 Å². The zero-order valence-corrected chi connectivity index (χ0v) is 9.52. The minimum atomic E-state index is 0.416. The van der Waals surface area contributed by atoms with Gasteiger partial charge in [0.2, 0.25) is 0 Å². The van der Waals surface area contributed by atoms with Crippen LogP contribution >= 0.6 is 11.3 Å². The second kappa shape index (κ2) is 4.96. The SMILES string of the molecule is CN/C=C(\c1sccc1C=O)C(C)C. The number of allylic oxidation sites excluding steroid dienone is 1. The highest BCUT2D eigenvalue weighted by Gasteiger charge is 2.11. The van der Waals surface area contributed by atoms with Gasteiger partial charge in [-0.05, 0) is 22.9 Å². The molecule has 1 aromatic rings. The van der Waals surface area contributed by atoms with Gasteiger partial charge in [0.25, 0.3) is 0 Å². The molecule has 0 aromatic carbocycles. The fourth-order valence-electron chi connectivity index (χ4n) is 1.30. The molecule has 0 aliphatic carbocycles. The van der Waals surface area contributed by atoms with Gasteiger partial charge >= 0.3 is 0 Å². The topological polar surface area (TPSA) is 29.1 Å². The Morgan fingerprint density at radius 1 is 1.57 bits per heavy atom. The Morgan fingerprint density at radius 2 is 2.29 bits per heavy atom. The van der Waals surface area contributed by atoms with E-state index in [1.165, 1.54) is 5.57 Å². The highest BCUT2D eigenvalue weighted by Crippen LogP contribution is 2.29. The average molecular weight is 209 g/mol. The summed E-state index contributed by atoms with van der Waals surface area (Å²) in [5.74, 6) is 0.416. The first-order valence-electron chi connectivity index (χ1n) is 4.61. The summed E-state index contributed by atoms with van der Waals surface area (Å²) >= 11 is 1.61. The van der Waals surface area contributed by atoms with Crippen molar-refractivity contribution in [3.05, 3.63) is 28.1 Å². The van der Waals surface area contributed by atoms with Gasteiger partial charge in [-0.1, -0.05) is 13.8 Å². The van der Waals surface area contributed by atoms with Crippen LogP contribution in [-0.2, 0) is 0 Å². The van der Waals surface area contributed by atoms with Crippen molar-refractivity contribution >= 4 is 23.2 Å². The molecule has 0 spiro atoms. The van der Waals surface area contributed by atoms with E-state index in [1.54, 1.807) is 11.3 Å². The van der Waals surface area contributed by atoms with E-state index in [0.717, 1.165) is 16.7 Å². The van der Waals surface area contributed by atoms with Crippen molar-refractivity contribution < 1.29 is 4.79 Å². The molecule has 1 N–H and O–H groups in total. The van der Waals surface area contributed by atoms with Gasteiger partial charge in [-0.15, -0.1) is 11.3 Å². The lowest BCUT2D eigenvalue weighted by molar-refractivity contribution is 0.112. The number of hydrogen-bond donors (Lipinski definition) is 1. The molecule has 3 heteroatoms. The lowest BCUT2D eigenvalue weighted by Gasteiger charge is -2.10. The van der Waals surface area contributed by atoms with E-state index < -0.39 is 0 Å². The Kier molecular flexibility index (Phi) is 3.89. The van der Waals surface area contributed by atoms with Gasteiger partial charge in [-0.2, -0.15) is 0 Å². The molecule has 0 unspecified atom stereocenters. The molecular weight excluding hydrogens is 194 g/mol. The first kappa shape index (κ1) is 11.0. The number of hydrogen-bond acceptors (Lipinski definition) is 3. The number of carbonyl (C=O) groups excluding carboxylic acids is 1. The van der Waals surface area contributed by atoms with Crippen molar-refractivity contribution in [1.82, 2.24) is 5.32 Å². The smallest absolute Gasteiger partial charge is 0.151 e. The first-order valence-corrected chi connectivity index (χ1v) is 5.49. The molecule has 0 aliphatic rings. The standard InChI is InChI=1S/C11H15NOS/c1-8(2)10(6-12-3)11-9(7-13)4-5-14-11/h4-8,12H,1-3H3/b10-6-. The number of rotatable bonds is 4. The molecule has 76 valence electrons. The van der Waals surface area contributed by atoms with Crippen molar-refractivity contribution in [2.24, 2.45) is 5.92 Å². The second-order valence-electron chi connectivity index (χ2n) is 3.37. The molecule has 0 fully saturated rings. The summed E-state index contributed by atoms with van der Waals surface area (Å²) in [7, 11) is 1.87. The largest absolute Gasteiger partial charge is 0.394 e. The first-order chi connectivity index (χ1) is 6.70. The third-order valence-corrected chi connectivity index (χ3v) is 2.99. The van der Waals surface area contributed by atoms with E-state index in [-0.39, 0.29) is 0 Å². The third kappa shape index (κ3) is 2.23. The summed E-state index contributed by atoms with van der Waals surface area (Å²) in [5.41, 5.74) is 1.97. The maximum atomic E-state index is 10.8. The molecule has 1 heterocycles. The summed E-state index contributed by atoms with van der Waals surface area (Å²) < 4.78 is 0. The normalized spacial score (nSPS) is 11.9.